The molecule has 0 radical (unpaired) electrons. The second kappa shape index (κ2) is 10.7. The van der Waals surface area contributed by atoms with Crippen molar-refractivity contribution in [3.05, 3.63) is 54.4 Å². The van der Waals surface area contributed by atoms with Gasteiger partial charge in [-0.2, -0.15) is 0 Å². The predicted molar refractivity (Wildman–Crippen MR) is 135 cm³/mol. The third-order valence-corrected chi connectivity index (χ3v) is 7.31. The van der Waals surface area contributed by atoms with Crippen molar-refractivity contribution < 1.29 is 9.59 Å². The molecule has 2 aliphatic heterocycles. The van der Waals surface area contributed by atoms with Crippen molar-refractivity contribution in [3.8, 4) is 11.1 Å². The highest BCUT2D eigenvalue weighted by Gasteiger charge is 2.53. The quantitative estimate of drug-likeness (QED) is 0.637. The number of aromatic nitrogens is 1. The minimum absolute atomic E-state index is 0.0511. The van der Waals surface area contributed by atoms with Gasteiger partial charge in [0.25, 0.3) is 0 Å². The Bertz CT molecular complexity index is 966. The number of pyridine rings is 1. The van der Waals surface area contributed by atoms with Crippen molar-refractivity contribution in [2.24, 2.45) is 5.92 Å². The zero-order valence-corrected chi connectivity index (χ0v) is 20.8. The van der Waals surface area contributed by atoms with Crippen LogP contribution >= 0.6 is 0 Å². The Morgan fingerprint density at radius 1 is 1.03 bits per heavy atom. The molecule has 0 bridgehead atoms. The van der Waals surface area contributed by atoms with Crippen molar-refractivity contribution in [1.29, 1.82) is 0 Å². The molecule has 1 unspecified atom stereocenters. The van der Waals surface area contributed by atoms with Crippen molar-refractivity contribution in [2.45, 2.75) is 71.0 Å². The molecule has 1 aromatic heterocycles. The van der Waals surface area contributed by atoms with Gasteiger partial charge in [0.05, 0.1) is 0 Å². The van der Waals surface area contributed by atoms with Gasteiger partial charge in [-0.1, -0.05) is 51.5 Å². The first kappa shape index (κ1) is 24.4. The normalized spacial score (nSPS) is 20.7. The molecule has 182 valence electrons. The number of carbonyl (C=O) groups is 2. The summed E-state index contributed by atoms with van der Waals surface area (Å²) in [7, 11) is 0. The fourth-order valence-corrected chi connectivity index (χ4v) is 5.33. The van der Waals surface area contributed by atoms with E-state index in [0.717, 1.165) is 38.0 Å². The minimum Gasteiger partial charge on any atom is -0.342 e. The maximum absolute atomic E-state index is 13.4. The summed E-state index contributed by atoms with van der Waals surface area (Å²) >= 11 is 0. The van der Waals surface area contributed by atoms with E-state index in [9.17, 15) is 9.59 Å². The highest BCUT2D eigenvalue weighted by atomic mass is 16.2. The van der Waals surface area contributed by atoms with Crippen LogP contribution < -0.4 is 5.32 Å². The Labute approximate surface area is 203 Å². The number of nitrogens with zero attached hydrogens (tertiary/aromatic N) is 3. The summed E-state index contributed by atoms with van der Waals surface area (Å²) in [5.74, 6) is 0.528. The molecule has 1 atom stereocenters. The first-order valence-corrected chi connectivity index (χ1v) is 12.8. The summed E-state index contributed by atoms with van der Waals surface area (Å²) in [6.07, 6.45) is 7.66. The fourth-order valence-electron chi connectivity index (χ4n) is 5.33. The summed E-state index contributed by atoms with van der Waals surface area (Å²) in [6.45, 7) is 9.48. The van der Waals surface area contributed by atoms with Gasteiger partial charge in [0, 0.05) is 38.6 Å². The van der Waals surface area contributed by atoms with E-state index in [1.165, 1.54) is 11.1 Å². The lowest BCUT2D eigenvalue weighted by Gasteiger charge is -2.52. The molecule has 6 nitrogen and oxygen atoms in total. The van der Waals surface area contributed by atoms with Gasteiger partial charge >= 0.3 is 0 Å². The standard InChI is InChI=1S/C28H38N4O2/c1-4-5-16-32-26(33)25(19-21(2)3)30-27(34)28(32)12-17-31(18-13-28)20-22-6-8-23(9-7-22)24-10-14-29-15-11-24/h6-11,14-15,21,25H,4-5,12-13,16-20H2,1-3H3,(H,30,34). The number of nitrogens with one attached hydrogen (secondary N) is 1. The molecule has 1 spiro atoms. The number of hydrogen-bond donors (Lipinski definition) is 1. The number of hydrogen-bond acceptors (Lipinski definition) is 4. The largest absolute Gasteiger partial charge is 0.342 e. The lowest BCUT2D eigenvalue weighted by Crippen LogP contribution is -2.73. The van der Waals surface area contributed by atoms with E-state index in [-0.39, 0.29) is 17.9 Å². The molecule has 1 N–H and O–H groups in total. The van der Waals surface area contributed by atoms with Gasteiger partial charge in [0.15, 0.2) is 0 Å². The maximum Gasteiger partial charge on any atom is 0.246 e. The number of unbranched alkanes of at least 4 members (excludes halogenated alkanes) is 1. The third-order valence-electron chi connectivity index (χ3n) is 7.31. The number of piperazine rings is 1. The van der Waals surface area contributed by atoms with Crippen LogP contribution in [0, 0.1) is 5.92 Å². The van der Waals surface area contributed by atoms with Gasteiger partial charge in [-0.05, 0) is 60.4 Å². The highest BCUT2D eigenvalue weighted by Crippen LogP contribution is 2.34. The van der Waals surface area contributed by atoms with Crippen LogP contribution in [0.15, 0.2) is 48.8 Å². The Morgan fingerprint density at radius 2 is 1.68 bits per heavy atom. The summed E-state index contributed by atoms with van der Waals surface area (Å²) < 4.78 is 0. The zero-order valence-electron chi connectivity index (χ0n) is 20.8. The van der Waals surface area contributed by atoms with E-state index in [1.807, 2.05) is 29.4 Å². The molecule has 2 saturated heterocycles. The third kappa shape index (κ3) is 5.17. The van der Waals surface area contributed by atoms with E-state index in [2.05, 4.69) is 60.2 Å². The number of carbonyl (C=O) groups excluding carboxylic acids is 2. The van der Waals surface area contributed by atoms with Crippen LogP contribution in [0.3, 0.4) is 0 Å². The molecular formula is C28H38N4O2. The fraction of sp³-hybridized carbons (Fsp3) is 0.536. The smallest absolute Gasteiger partial charge is 0.246 e. The van der Waals surface area contributed by atoms with Crippen molar-refractivity contribution >= 4 is 11.8 Å². The summed E-state index contributed by atoms with van der Waals surface area (Å²) in [6, 6.07) is 12.3. The first-order valence-electron chi connectivity index (χ1n) is 12.8. The topological polar surface area (TPSA) is 65.5 Å². The van der Waals surface area contributed by atoms with Crippen LogP contribution in [0.5, 0.6) is 0 Å². The number of amides is 2. The molecule has 0 saturated carbocycles. The molecule has 6 heteroatoms. The minimum atomic E-state index is -0.693. The molecule has 4 rings (SSSR count). The van der Waals surface area contributed by atoms with Crippen LogP contribution in [0.25, 0.3) is 11.1 Å². The number of piperidine rings is 1. The van der Waals surface area contributed by atoms with E-state index in [0.29, 0.717) is 31.7 Å². The SMILES string of the molecule is CCCCN1C(=O)C(CC(C)C)NC(=O)C12CCN(Cc1ccc(-c3ccncc3)cc1)CC2. The number of rotatable bonds is 8. The zero-order chi connectivity index (χ0) is 24.1. The Kier molecular flexibility index (Phi) is 7.67. The molecule has 2 aromatic rings. The molecule has 0 aliphatic carbocycles. The van der Waals surface area contributed by atoms with Gasteiger partial charge in [-0.15, -0.1) is 0 Å². The lowest BCUT2D eigenvalue weighted by molar-refractivity contribution is -0.161. The van der Waals surface area contributed by atoms with Crippen LogP contribution in [0.2, 0.25) is 0 Å². The monoisotopic (exact) mass is 462 g/mol. The van der Waals surface area contributed by atoms with Crippen LogP contribution in [-0.2, 0) is 16.1 Å². The van der Waals surface area contributed by atoms with E-state index >= 15 is 0 Å². The van der Waals surface area contributed by atoms with Crippen molar-refractivity contribution in [1.82, 2.24) is 20.1 Å². The Morgan fingerprint density at radius 3 is 2.29 bits per heavy atom. The maximum atomic E-state index is 13.4. The molecule has 1 aromatic carbocycles. The van der Waals surface area contributed by atoms with Crippen molar-refractivity contribution in [3.63, 3.8) is 0 Å². The second-order valence-electron chi connectivity index (χ2n) is 10.2. The van der Waals surface area contributed by atoms with E-state index in [4.69, 9.17) is 0 Å². The molecule has 2 fully saturated rings. The molecule has 2 amide bonds. The molecule has 3 heterocycles. The second-order valence-corrected chi connectivity index (χ2v) is 10.2. The van der Waals surface area contributed by atoms with Gasteiger partial charge in [-0.25, -0.2) is 0 Å². The van der Waals surface area contributed by atoms with Crippen LogP contribution in [0.4, 0.5) is 0 Å². The molecule has 34 heavy (non-hydrogen) atoms. The molecule has 2 aliphatic rings. The Hall–Kier alpha value is -2.73. The average Bonchev–Trinajstić information content (AvgIpc) is 2.84. The van der Waals surface area contributed by atoms with Crippen LogP contribution in [0.1, 0.15) is 58.4 Å². The summed E-state index contributed by atoms with van der Waals surface area (Å²) in [5.41, 5.74) is 2.92. The Balaban J connectivity index is 1.42. The summed E-state index contributed by atoms with van der Waals surface area (Å²) in [4.78, 5) is 35.2. The van der Waals surface area contributed by atoms with E-state index in [1.54, 1.807) is 0 Å². The molecular weight excluding hydrogens is 424 g/mol. The van der Waals surface area contributed by atoms with Gasteiger partial charge < -0.3 is 10.2 Å². The van der Waals surface area contributed by atoms with Gasteiger partial charge in [0.2, 0.25) is 11.8 Å². The van der Waals surface area contributed by atoms with E-state index < -0.39 is 5.54 Å². The number of likely N-dealkylation sites (tertiary alicyclic amines) is 1. The van der Waals surface area contributed by atoms with Crippen molar-refractivity contribution in [2.75, 3.05) is 19.6 Å². The first-order chi connectivity index (χ1) is 16.4. The lowest BCUT2D eigenvalue weighted by atomic mass is 9.80. The van der Waals surface area contributed by atoms with Gasteiger partial charge in [-0.3, -0.25) is 19.5 Å². The number of benzene rings is 1. The highest BCUT2D eigenvalue weighted by molar-refractivity contribution is 6.00. The predicted octanol–water partition coefficient (Wildman–Crippen LogP) is 4.26. The summed E-state index contributed by atoms with van der Waals surface area (Å²) in [5, 5.41) is 3.10. The van der Waals surface area contributed by atoms with Crippen LogP contribution in [-0.4, -0.2) is 57.8 Å². The average molecular weight is 463 g/mol. The van der Waals surface area contributed by atoms with Gasteiger partial charge in [0.1, 0.15) is 11.6 Å².